The van der Waals surface area contributed by atoms with E-state index in [2.05, 4.69) is 21.8 Å². The molecule has 1 amide bonds. The van der Waals surface area contributed by atoms with Crippen LogP contribution < -0.4 is 5.32 Å². The molecule has 0 aliphatic carbocycles. The molecular formula is C18H25N5O. The zero-order valence-corrected chi connectivity index (χ0v) is 14.3. The molecule has 0 spiro atoms. The summed E-state index contributed by atoms with van der Waals surface area (Å²) in [5.74, 6) is 1.21. The number of hydrogen-bond acceptors (Lipinski definition) is 4. The van der Waals surface area contributed by atoms with Gasteiger partial charge in [-0.3, -0.25) is 9.69 Å². The summed E-state index contributed by atoms with van der Waals surface area (Å²) < 4.78 is 2.15. The summed E-state index contributed by atoms with van der Waals surface area (Å²) >= 11 is 0. The molecule has 0 bridgehead atoms. The molecule has 4 rings (SSSR count). The van der Waals surface area contributed by atoms with Crippen molar-refractivity contribution < 1.29 is 4.79 Å². The molecule has 6 heteroatoms. The number of aromatic nitrogens is 2. The Labute approximate surface area is 142 Å². The molecule has 0 atom stereocenters. The fraction of sp³-hybridized carbons (Fsp3) is 0.556. The zero-order chi connectivity index (χ0) is 16.5. The Bertz CT molecular complexity index is 741. The number of hydrogen-bond donors (Lipinski definition) is 1. The minimum absolute atomic E-state index is 0.142. The van der Waals surface area contributed by atoms with Crippen molar-refractivity contribution in [3.8, 4) is 0 Å². The number of nitrogens with one attached hydrogen (secondary N) is 1. The van der Waals surface area contributed by atoms with E-state index in [0.29, 0.717) is 0 Å². The summed E-state index contributed by atoms with van der Waals surface area (Å²) in [5, 5.41) is 3.38. The first-order chi connectivity index (χ1) is 11.7. The van der Waals surface area contributed by atoms with Crippen LogP contribution in [0, 0.1) is 0 Å². The van der Waals surface area contributed by atoms with Gasteiger partial charge < -0.3 is 14.8 Å². The van der Waals surface area contributed by atoms with E-state index in [1.165, 1.54) is 0 Å². The fourth-order valence-corrected chi connectivity index (χ4v) is 3.70. The van der Waals surface area contributed by atoms with E-state index >= 15 is 0 Å². The molecular weight excluding hydrogens is 302 g/mol. The lowest BCUT2D eigenvalue weighted by atomic mass is 10.2. The lowest BCUT2D eigenvalue weighted by Crippen LogP contribution is -2.43. The molecule has 2 aliphatic heterocycles. The Morgan fingerprint density at radius 1 is 1.17 bits per heavy atom. The highest BCUT2D eigenvalue weighted by molar-refractivity contribution is 5.97. The number of amides is 1. The highest BCUT2D eigenvalue weighted by Gasteiger charge is 2.21. The number of likely N-dealkylation sites (tertiary alicyclic amines) is 1. The molecule has 0 unspecified atom stereocenters. The lowest BCUT2D eigenvalue weighted by molar-refractivity contribution is 0.0793. The van der Waals surface area contributed by atoms with Crippen molar-refractivity contribution in [2.24, 2.45) is 7.05 Å². The summed E-state index contributed by atoms with van der Waals surface area (Å²) in [7, 11) is 2.06. The third-order valence-corrected chi connectivity index (χ3v) is 5.19. The second-order valence-electron chi connectivity index (χ2n) is 6.82. The van der Waals surface area contributed by atoms with Crippen molar-refractivity contribution in [1.82, 2.24) is 24.7 Å². The van der Waals surface area contributed by atoms with Gasteiger partial charge in [-0.2, -0.15) is 0 Å². The first-order valence-electron chi connectivity index (χ1n) is 8.90. The van der Waals surface area contributed by atoms with Crippen molar-refractivity contribution in [2.45, 2.75) is 19.4 Å². The minimum atomic E-state index is 0.142. The van der Waals surface area contributed by atoms with Crippen LogP contribution in [-0.4, -0.2) is 64.5 Å². The number of piperazine rings is 1. The molecule has 2 aliphatic rings. The van der Waals surface area contributed by atoms with Crippen LogP contribution in [-0.2, 0) is 13.6 Å². The monoisotopic (exact) mass is 327 g/mol. The Balaban J connectivity index is 1.58. The Morgan fingerprint density at radius 3 is 2.67 bits per heavy atom. The van der Waals surface area contributed by atoms with Crippen LogP contribution in [0.15, 0.2) is 18.2 Å². The predicted molar refractivity (Wildman–Crippen MR) is 94.0 cm³/mol. The van der Waals surface area contributed by atoms with Gasteiger partial charge in [-0.1, -0.05) is 0 Å². The van der Waals surface area contributed by atoms with Gasteiger partial charge in [0.05, 0.1) is 17.6 Å². The van der Waals surface area contributed by atoms with Crippen molar-refractivity contribution in [3.63, 3.8) is 0 Å². The maximum atomic E-state index is 12.6. The van der Waals surface area contributed by atoms with Crippen LogP contribution in [0.5, 0.6) is 0 Å². The van der Waals surface area contributed by atoms with Gasteiger partial charge >= 0.3 is 0 Å². The summed E-state index contributed by atoms with van der Waals surface area (Å²) in [6, 6.07) is 5.93. The number of imidazole rings is 1. The number of aryl methyl sites for hydroxylation is 1. The van der Waals surface area contributed by atoms with E-state index in [9.17, 15) is 4.79 Å². The van der Waals surface area contributed by atoms with Crippen LogP contribution in [0.1, 0.15) is 29.0 Å². The van der Waals surface area contributed by atoms with Gasteiger partial charge in [-0.15, -0.1) is 0 Å². The van der Waals surface area contributed by atoms with E-state index < -0.39 is 0 Å². The molecule has 24 heavy (non-hydrogen) atoms. The summed E-state index contributed by atoms with van der Waals surface area (Å²) in [6.45, 7) is 6.82. The molecule has 2 saturated heterocycles. The quantitative estimate of drug-likeness (QED) is 0.921. The second-order valence-corrected chi connectivity index (χ2v) is 6.82. The highest BCUT2D eigenvalue weighted by atomic mass is 16.2. The number of nitrogens with zero attached hydrogens (tertiary/aromatic N) is 4. The van der Waals surface area contributed by atoms with Gasteiger partial charge in [0, 0.05) is 51.9 Å². The van der Waals surface area contributed by atoms with Crippen molar-refractivity contribution in [2.75, 3.05) is 39.3 Å². The molecule has 2 fully saturated rings. The topological polar surface area (TPSA) is 53.4 Å². The maximum Gasteiger partial charge on any atom is 0.253 e. The van der Waals surface area contributed by atoms with E-state index in [-0.39, 0.29) is 5.91 Å². The number of carbonyl (C=O) groups excluding carboxylic acids is 1. The molecule has 128 valence electrons. The van der Waals surface area contributed by atoms with Crippen molar-refractivity contribution in [1.29, 1.82) is 0 Å². The SMILES string of the molecule is Cn1c(CN2CCNCC2)nc2cc(C(=O)N3CCCC3)ccc21. The summed E-state index contributed by atoms with van der Waals surface area (Å²) in [6.07, 6.45) is 2.23. The first-order valence-corrected chi connectivity index (χ1v) is 8.90. The van der Waals surface area contributed by atoms with E-state index in [4.69, 9.17) is 4.98 Å². The maximum absolute atomic E-state index is 12.6. The largest absolute Gasteiger partial charge is 0.339 e. The molecule has 0 saturated carbocycles. The van der Waals surface area contributed by atoms with Crippen LogP contribution >= 0.6 is 0 Å². The molecule has 6 nitrogen and oxygen atoms in total. The summed E-state index contributed by atoms with van der Waals surface area (Å²) in [5.41, 5.74) is 2.78. The Hall–Kier alpha value is -1.92. The predicted octanol–water partition coefficient (Wildman–Crippen LogP) is 1.21. The van der Waals surface area contributed by atoms with Gasteiger partial charge in [0.1, 0.15) is 5.82 Å². The Morgan fingerprint density at radius 2 is 1.92 bits per heavy atom. The zero-order valence-electron chi connectivity index (χ0n) is 14.3. The van der Waals surface area contributed by atoms with Gasteiger partial charge in [0.2, 0.25) is 0 Å². The lowest BCUT2D eigenvalue weighted by Gasteiger charge is -2.26. The van der Waals surface area contributed by atoms with E-state index in [1.54, 1.807) is 0 Å². The van der Waals surface area contributed by atoms with Crippen LogP contribution in [0.4, 0.5) is 0 Å². The third kappa shape index (κ3) is 2.91. The summed E-state index contributed by atoms with van der Waals surface area (Å²) in [4.78, 5) is 21.8. The number of benzene rings is 1. The molecule has 0 radical (unpaired) electrons. The standard InChI is InChI=1S/C18H25N5O/c1-21-16-5-4-14(18(24)23-8-2-3-9-23)12-15(16)20-17(21)13-22-10-6-19-7-11-22/h4-5,12,19H,2-3,6-11,13H2,1H3. The van der Waals surface area contributed by atoms with Crippen molar-refractivity contribution in [3.05, 3.63) is 29.6 Å². The number of rotatable bonds is 3. The van der Waals surface area contributed by atoms with Crippen molar-refractivity contribution >= 4 is 16.9 Å². The van der Waals surface area contributed by atoms with Gasteiger partial charge in [0.25, 0.3) is 5.91 Å². The molecule has 2 aromatic rings. The average molecular weight is 327 g/mol. The average Bonchev–Trinajstić information content (AvgIpc) is 3.24. The smallest absolute Gasteiger partial charge is 0.253 e. The normalized spacial score (nSPS) is 19.3. The molecule has 1 aromatic carbocycles. The van der Waals surface area contributed by atoms with Crippen LogP contribution in [0.2, 0.25) is 0 Å². The fourth-order valence-electron chi connectivity index (χ4n) is 3.70. The number of carbonyl (C=O) groups is 1. The van der Waals surface area contributed by atoms with E-state index in [1.807, 2.05) is 23.1 Å². The minimum Gasteiger partial charge on any atom is -0.339 e. The van der Waals surface area contributed by atoms with E-state index in [0.717, 1.165) is 81.1 Å². The number of fused-ring (bicyclic) bond motifs is 1. The van der Waals surface area contributed by atoms with Gasteiger partial charge in [0.15, 0.2) is 0 Å². The third-order valence-electron chi connectivity index (χ3n) is 5.19. The molecule has 1 aromatic heterocycles. The van der Waals surface area contributed by atoms with Gasteiger partial charge in [-0.25, -0.2) is 4.98 Å². The van der Waals surface area contributed by atoms with Crippen LogP contribution in [0.3, 0.4) is 0 Å². The Kier molecular flexibility index (Phi) is 4.24. The molecule has 3 heterocycles. The van der Waals surface area contributed by atoms with Crippen LogP contribution in [0.25, 0.3) is 11.0 Å². The second kappa shape index (κ2) is 6.53. The first kappa shape index (κ1) is 15.6. The highest BCUT2D eigenvalue weighted by Crippen LogP contribution is 2.20. The van der Waals surface area contributed by atoms with Gasteiger partial charge in [-0.05, 0) is 31.0 Å². The molecule has 1 N–H and O–H groups in total.